The molecule has 12 rings (SSSR count). The van der Waals surface area contributed by atoms with Gasteiger partial charge in [0, 0.05) is 76.0 Å². The molecule has 2 bridgehead atoms. The normalized spacial score (nSPS) is 20.6. The van der Waals surface area contributed by atoms with Crippen LogP contribution in [-0.2, 0) is 19.1 Å². The molecule has 19 nitrogen and oxygen atoms in total. The molecular weight excluding hydrogens is 1270 g/mol. The molecule has 528 valence electrons. The van der Waals surface area contributed by atoms with E-state index in [1.807, 2.05) is 39.5 Å². The summed E-state index contributed by atoms with van der Waals surface area (Å²) in [7, 11) is -0.837. The number of benzene rings is 3. The maximum atomic E-state index is 18.2. The lowest BCUT2D eigenvalue weighted by atomic mass is 9.82. The molecule has 0 saturated carbocycles. The third-order valence-corrected chi connectivity index (χ3v) is 28.4. The minimum atomic E-state index is -2.36. The molecule has 23 heteroatoms. The van der Waals surface area contributed by atoms with Crippen LogP contribution in [0.5, 0.6) is 11.8 Å². The van der Waals surface area contributed by atoms with E-state index in [2.05, 4.69) is 77.9 Å². The third-order valence-electron chi connectivity index (χ3n) is 22.2. The van der Waals surface area contributed by atoms with E-state index in [4.69, 9.17) is 33.9 Å². The van der Waals surface area contributed by atoms with Crippen LogP contribution in [0.25, 0.3) is 44.0 Å². The smallest absolute Gasteiger partial charge is 0.410 e. The second kappa shape index (κ2) is 29.1. The SMILES string of the molecule is COCOc1cc(-c2ncc3c(N4CC5CCC(C4)N5C(=O)OC(C)(C)C)nc(OCCN4CCC(CC5CCN(CC6CCN(c7ccc8c(c7F)n(C(C)C)c(=O)n8C7CCC(=O)NC7=O)CC6)CC5)CC4)nc3c2F)c2c(C#C[Si](C(C)C)(C(C)C)C(C)C)c(F)ccc2c1. The number of piperidine rings is 4. The summed E-state index contributed by atoms with van der Waals surface area (Å²) in [5, 5.41) is 3.75. The van der Waals surface area contributed by atoms with E-state index < -0.39 is 48.8 Å². The van der Waals surface area contributed by atoms with E-state index in [0.29, 0.717) is 112 Å². The van der Waals surface area contributed by atoms with Gasteiger partial charge in [-0.1, -0.05) is 53.5 Å². The van der Waals surface area contributed by atoms with Crippen LogP contribution in [0, 0.1) is 46.7 Å². The van der Waals surface area contributed by atoms with Gasteiger partial charge >= 0.3 is 17.8 Å². The zero-order valence-electron chi connectivity index (χ0n) is 59.5. The van der Waals surface area contributed by atoms with Gasteiger partial charge < -0.3 is 33.6 Å². The van der Waals surface area contributed by atoms with Gasteiger partial charge in [0.25, 0.3) is 0 Å². The molecule has 0 aliphatic carbocycles. The van der Waals surface area contributed by atoms with Crippen LogP contribution in [-0.4, -0.2) is 168 Å². The van der Waals surface area contributed by atoms with Gasteiger partial charge in [0.05, 0.1) is 34.2 Å². The Bertz CT molecular complexity index is 4040. The number of hydrogen-bond acceptors (Lipinski definition) is 15. The first-order valence-electron chi connectivity index (χ1n) is 36.0. The summed E-state index contributed by atoms with van der Waals surface area (Å²) in [6, 6.07) is 8.52. The summed E-state index contributed by atoms with van der Waals surface area (Å²) in [5.74, 6) is 3.44. The maximum absolute atomic E-state index is 18.2. The molecule has 0 radical (unpaired) electrons. The largest absolute Gasteiger partial charge is 0.468 e. The number of aromatic nitrogens is 5. The highest BCUT2D eigenvalue weighted by atomic mass is 28.3. The highest BCUT2D eigenvalue weighted by molar-refractivity contribution is 6.90. The first-order valence-corrected chi connectivity index (χ1v) is 38.2. The lowest BCUT2D eigenvalue weighted by Crippen LogP contribution is -2.57. The number of piperazine rings is 1. The van der Waals surface area contributed by atoms with Crippen LogP contribution in [0.15, 0.2) is 47.4 Å². The average molecular weight is 1370 g/mol. The van der Waals surface area contributed by atoms with Gasteiger partial charge in [0.2, 0.25) is 11.8 Å². The van der Waals surface area contributed by atoms with Crippen LogP contribution in [0.1, 0.15) is 164 Å². The standard InChI is InChI=1S/C75H100F3N11O8Si/c1-45(2)87-69-61(89(73(87)92)62-19-20-63(90)80-71(62)91)18-17-60(65(69)77)85-32-25-51(26-33-85)41-84-30-23-50(24-31-84)37-49-21-28-83(29-22-49)34-35-95-72-81-68-58(70(82-72)86-42-53-14-15-54(43-86)88(53)74(93)97-75(9,10)11)40-79-67(66(68)78)57-39-55(96-44-94-12)38-52-13-16-59(76)56(64(52)57)27-36-98(46(3)4,47(5)6)48(7)8/h13,16-18,38-40,45-51,53-54,62H,14-15,19-26,28-35,37,41-44H2,1-12H3,(H,80,90,91). The number of methoxy groups -OCH3 is 1. The molecule has 3 atom stereocenters. The number of imidazole rings is 1. The Kier molecular flexibility index (Phi) is 21.0. The second-order valence-electron chi connectivity index (χ2n) is 30.8. The van der Waals surface area contributed by atoms with Crippen molar-refractivity contribution in [2.24, 2.45) is 17.8 Å². The van der Waals surface area contributed by atoms with Crippen molar-refractivity contribution in [3.63, 3.8) is 0 Å². The third kappa shape index (κ3) is 14.3. The number of anilines is 2. The van der Waals surface area contributed by atoms with Crippen molar-refractivity contribution in [3.05, 3.63) is 76.1 Å². The Labute approximate surface area is 575 Å². The Morgan fingerprint density at radius 1 is 0.755 bits per heavy atom. The molecule has 3 unspecified atom stereocenters. The summed E-state index contributed by atoms with van der Waals surface area (Å²) in [6.45, 7) is 30.8. The van der Waals surface area contributed by atoms with Crippen molar-refractivity contribution in [3.8, 4) is 34.5 Å². The van der Waals surface area contributed by atoms with E-state index in [1.165, 1.54) is 41.6 Å². The van der Waals surface area contributed by atoms with Gasteiger partial charge in [-0.3, -0.25) is 38.8 Å². The zero-order valence-corrected chi connectivity index (χ0v) is 60.5. The lowest BCUT2D eigenvalue weighted by Gasteiger charge is -2.42. The molecule has 6 aliphatic heterocycles. The summed E-state index contributed by atoms with van der Waals surface area (Å²) < 4.78 is 78.1. The Balaban J connectivity index is 0.703. The molecular formula is C75H100F3N11O8Si. The van der Waals surface area contributed by atoms with Crippen LogP contribution >= 0.6 is 0 Å². The first kappa shape index (κ1) is 70.6. The average Bonchev–Trinajstić information content (AvgIpc) is 1.42. The molecule has 3 aromatic carbocycles. The molecule has 6 fully saturated rings. The minimum Gasteiger partial charge on any atom is -0.468 e. The van der Waals surface area contributed by atoms with Crippen LogP contribution in [0.3, 0.4) is 0 Å². The minimum absolute atomic E-state index is 0.00370. The zero-order chi connectivity index (χ0) is 69.6. The van der Waals surface area contributed by atoms with Crippen molar-refractivity contribution in [2.75, 3.05) is 95.8 Å². The summed E-state index contributed by atoms with van der Waals surface area (Å²) >= 11 is 0. The number of amides is 3. The number of ether oxygens (including phenoxy) is 4. The van der Waals surface area contributed by atoms with E-state index >= 15 is 13.2 Å². The van der Waals surface area contributed by atoms with Gasteiger partial charge in [-0.25, -0.2) is 22.8 Å². The number of fused-ring (bicyclic) bond motifs is 5. The Hall–Kier alpha value is -7.26. The summed E-state index contributed by atoms with van der Waals surface area (Å²) in [6.07, 6.45) is 10.8. The van der Waals surface area contributed by atoms with Crippen LogP contribution < -0.4 is 30.3 Å². The van der Waals surface area contributed by atoms with Crippen molar-refractivity contribution in [2.45, 2.75) is 193 Å². The molecule has 6 saturated heterocycles. The second-order valence-corrected chi connectivity index (χ2v) is 36.4. The molecule has 9 heterocycles. The van der Waals surface area contributed by atoms with Crippen LogP contribution in [0.4, 0.5) is 29.5 Å². The molecule has 6 aliphatic rings. The van der Waals surface area contributed by atoms with Crippen molar-refractivity contribution in [1.29, 1.82) is 0 Å². The highest BCUT2D eigenvalue weighted by Gasteiger charge is 2.46. The molecule has 3 aromatic heterocycles. The number of nitrogens with zero attached hydrogens (tertiary/aromatic N) is 10. The van der Waals surface area contributed by atoms with Gasteiger partial charge in [-0.15, -0.1) is 5.54 Å². The van der Waals surface area contributed by atoms with Gasteiger partial charge in [0.15, 0.2) is 18.4 Å². The predicted octanol–water partition coefficient (Wildman–Crippen LogP) is 13.2. The monoisotopic (exact) mass is 1370 g/mol. The molecule has 1 N–H and O–H groups in total. The lowest BCUT2D eigenvalue weighted by molar-refractivity contribution is -0.135. The summed E-state index contributed by atoms with van der Waals surface area (Å²) in [5.41, 5.74) is 4.93. The number of carbonyl (C=O) groups is 3. The maximum Gasteiger partial charge on any atom is 0.410 e. The number of halogens is 3. The number of rotatable bonds is 19. The van der Waals surface area contributed by atoms with E-state index in [1.54, 1.807) is 36.5 Å². The molecule has 3 amide bonds. The Morgan fingerprint density at radius 2 is 1.41 bits per heavy atom. The number of imide groups is 1. The highest BCUT2D eigenvalue weighted by Crippen LogP contribution is 2.45. The van der Waals surface area contributed by atoms with Crippen molar-refractivity contribution < 1.29 is 46.5 Å². The number of nitrogens with one attached hydrogen (secondary N) is 1. The van der Waals surface area contributed by atoms with Crippen LogP contribution in [0.2, 0.25) is 16.6 Å². The fourth-order valence-corrected chi connectivity index (χ4v) is 22.5. The quantitative estimate of drug-likeness (QED) is 0.0350. The van der Waals surface area contributed by atoms with E-state index in [-0.39, 0.29) is 84.7 Å². The summed E-state index contributed by atoms with van der Waals surface area (Å²) in [4.78, 5) is 78.2. The van der Waals surface area contributed by atoms with E-state index in [9.17, 15) is 19.2 Å². The van der Waals surface area contributed by atoms with Gasteiger partial charge in [0.1, 0.15) is 60.4 Å². The van der Waals surface area contributed by atoms with Crippen molar-refractivity contribution in [1.82, 2.24) is 44.1 Å². The van der Waals surface area contributed by atoms with Crippen molar-refractivity contribution >= 4 is 70.2 Å². The Morgan fingerprint density at radius 3 is 2.03 bits per heavy atom. The molecule has 98 heavy (non-hydrogen) atoms. The topological polar surface area (TPSA) is 182 Å². The predicted molar refractivity (Wildman–Crippen MR) is 379 cm³/mol. The number of hydrogen-bond donors (Lipinski definition) is 1. The molecule has 6 aromatic rings. The number of likely N-dealkylation sites (tertiary alicyclic amines) is 2. The van der Waals surface area contributed by atoms with E-state index in [0.717, 1.165) is 71.2 Å². The fraction of sp³-hybridized carbons (Fsp3) is 0.613. The van der Waals surface area contributed by atoms with Gasteiger partial charge in [-0.05, 0) is 195 Å². The first-order chi connectivity index (χ1) is 46.8. The van der Waals surface area contributed by atoms with Gasteiger partial charge in [-0.2, -0.15) is 9.97 Å². The number of pyridine rings is 1. The molecule has 0 spiro atoms. The fourth-order valence-electron chi connectivity index (χ4n) is 17.3. The number of carbonyl (C=O) groups excluding carboxylic acids is 3.